The summed E-state index contributed by atoms with van der Waals surface area (Å²) in [6.07, 6.45) is 0. The highest BCUT2D eigenvalue weighted by atomic mass is 32.2. The van der Waals surface area contributed by atoms with Crippen LogP contribution in [0.4, 0.5) is 24.5 Å². The molecule has 0 saturated heterocycles. The van der Waals surface area contributed by atoms with Gasteiger partial charge in [0.25, 0.3) is 0 Å². The second-order valence-corrected chi connectivity index (χ2v) is 4.49. The van der Waals surface area contributed by atoms with Gasteiger partial charge >= 0.3 is 11.5 Å². The van der Waals surface area contributed by atoms with Gasteiger partial charge in [0.2, 0.25) is 0 Å². The number of nitrogen functional groups attached to an aromatic ring is 1. The summed E-state index contributed by atoms with van der Waals surface area (Å²) >= 11 is -0.123. The Balaban J connectivity index is 2.49. The zero-order chi connectivity index (χ0) is 13.8. The highest BCUT2D eigenvalue weighted by molar-refractivity contribution is 8.00. The number of carboxylic acids is 1. The van der Waals surface area contributed by atoms with Crippen LogP contribution in [0.15, 0.2) is 18.2 Å². The number of rotatable bonds is 5. The summed E-state index contributed by atoms with van der Waals surface area (Å²) in [6, 6.07) is 4.14. The summed E-state index contributed by atoms with van der Waals surface area (Å²) in [4.78, 5) is 10.7. The van der Waals surface area contributed by atoms with Gasteiger partial charge < -0.3 is 16.2 Å². The number of benzene rings is 1. The monoisotopic (exact) mass is 280 g/mol. The molecule has 8 heteroatoms. The van der Waals surface area contributed by atoms with Crippen molar-refractivity contribution in [1.82, 2.24) is 0 Å². The van der Waals surface area contributed by atoms with Crippen molar-refractivity contribution in [2.24, 2.45) is 0 Å². The van der Waals surface area contributed by atoms with Gasteiger partial charge in [-0.2, -0.15) is 13.2 Å². The number of anilines is 2. The molecule has 0 bridgehead atoms. The Kier molecular flexibility index (Phi) is 4.71. The van der Waals surface area contributed by atoms with Crippen LogP contribution in [0.3, 0.4) is 0 Å². The fourth-order valence-electron chi connectivity index (χ4n) is 1.23. The Morgan fingerprint density at radius 1 is 1.44 bits per heavy atom. The molecular formula is C10H11F3N2O2S. The molecule has 100 valence electrons. The quantitative estimate of drug-likeness (QED) is 0.571. The number of thioether (sulfide) groups is 1. The normalized spacial score (nSPS) is 11.3. The highest BCUT2D eigenvalue weighted by Gasteiger charge is 2.27. The van der Waals surface area contributed by atoms with Crippen LogP contribution in [0.1, 0.15) is 10.4 Å². The lowest BCUT2D eigenvalue weighted by Gasteiger charge is -2.09. The van der Waals surface area contributed by atoms with Crippen LogP contribution in [-0.2, 0) is 0 Å². The minimum atomic E-state index is -4.24. The van der Waals surface area contributed by atoms with E-state index in [4.69, 9.17) is 10.8 Å². The number of alkyl halides is 3. The van der Waals surface area contributed by atoms with Crippen LogP contribution in [-0.4, -0.2) is 28.9 Å². The zero-order valence-corrected chi connectivity index (χ0v) is 9.94. The van der Waals surface area contributed by atoms with Gasteiger partial charge in [-0.3, -0.25) is 0 Å². The number of hydrogen-bond donors (Lipinski definition) is 3. The second-order valence-electron chi connectivity index (χ2n) is 3.33. The standard InChI is InChI=1S/C10H11F3N2O2S/c11-10(12,13)18-4-3-15-6-1-2-7(9(16)17)8(14)5-6/h1-2,5,15H,3-4,14H2,(H,16,17). The molecule has 1 aromatic rings. The molecule has 0 heterocycles. The van der Waals surface area contributed by atoms with Crippen LogP contribution < -0.4 is 11.1 Å². The smallest absolute Gasteiger partial charge is 0.441 e. The number of hydrogen-bond acceptors (Lipinski definition) is 4. The maximum Gasteiger partial charge on any atom is 0.441 e. The number of nitrogens with one attached hydrogen (secondary N) is 1. The highest BCUT2D eigenvalue weighted by Crippen LogP contribution is 2.29. The Morgan fingerprint density at radius 2 is 2.11 bits per heavy atom. The molecule has 4 nitrogen and oxygen atoms in total. The molecule has 0 spiro atoms. The van der Waals surface area contributed by atoms with Crippen LogP contribution in [0.25, 0.3) is 0 Å². The molecule has 0 amide bonds. The minimum Gasteiger partial charge on any atom is -0.478 e. The van der Waals surface area contributed by atoms with E-state index in [2.05, 4.69) is 5.32 Å². The average Bonchev–Trinajstić information content (AvgIpc) is 2.22. The minimum absolute atomic E-state index is 0.0368. The molecule has 0 aromatic heterocycles. The molecule has 0 unspecified atom stereocenters. The van der Waals surface area contributed by atoms with Gasteiger partial charge in [0, 0.05) is 23.7 Å². The third-order valence-corrected chi connectivity index (χ3v) is 2.71. The molecule has 0 saturated carbocycles. The van der Waals surface area contributed by atoms with Crippen molar-refractivity contribution in [1.29, 1.82) is 0 Å². The van der Waals surface area contributed by atoms with Gasteiger partial charge in [-0.1, -0.05) is 0 Å². The van der Waals surface area contributed by atoms with Gasteiger partial charge in [0.15, 0.2) is 0 Å². The van der Waals surface area contributed by atoms with Crippen molar-refractivity contribution in [3.63, 3.8) is 0 Å². The van der Waals surface area contributed by atoms with Crippen molar-refractivity contribution in [2.45, 2.75) is 5.51 Å². The summed E-state index contributed by atoms with van der Waals surface area (Å²) in [5.74, 6) is -1.28. The van der Waals surface area contributed by atoms with E-state index < -0.39 is 11.5 Å². The first-order valence-electron chi connectivity index (χ1n) is 4.87. The molecule has 1 aromatic carbocycles. The van der Waals surface area contributed by atoms with Crippen molar-refractivity contribution in [2.75, 3.05) is 23.3 Å². The summed E-state index contributed by atoms with van der Waals surface area (Å²) in [6.45, 7) is 0.107. The summed E-state index contributed by atoms with van der Waals surface area (Å²) < 4.78 is 35.5. The Labute approximate surface area is 105 Å². The molecule has 0 aliphatic heterocycles. The van der Waals surface area contributed by atoms with E-state index in [1.807, 2.05) is 0 Å². The zero-order valence-electron chi connectivity index (χ0n) is 9.12. The first-order valence-corrected chi connectivity index (χ1v) is 5.85. The first kappa shape index (κ1) is 14.5. The Bertz CT molecular complexity index is 438. The molecule has 0 atom stereocenters. The summed E-state index contributed by atoms with van der Waals surface area (Å²) in [5, 5.41) is 11.5. The second kappa shape index (κ2) is 5.85. The Morgan fingerprint density at radius 3 is 2.61 bits per heavy atom. The van der Waals surface area contributed by atoms with E-state index in [1.165, 1.54) is 18.2 Å². The van der Waals surface area contributed by atoms with E-state index in [-0.39, 0.29) is 35.3 Å². The topological polar surface area (TPSA) is 75.3 Å². The van der Waals surface area contributed by atoms with E-state index in [0.717, 1.165) is 0 Å². The number of aromatic carboxylic acids is 1. The van der Waals surface area contributed by atoms with Gasteiger partial charge in [-0.05, 0) is 30.0 Å². The third kappa shape index (κ3) is 4.74. The molecule has 0 radical (unpaired) electrons. The predicted molar refractivity (Wildman–Crippen MR) is 64.8 cm³/mol. The number of nitrogens with two attached hydrogens (primary N) is 1. The fraction of sp³-hybridized carbons (Fsp3) is 0.300. The molecular weight excluding hydrogens is 269 g/mol. The Hall–Kier alpha value is -1.57. The largest absolute Gasteiger partial charge is 0.478 e. The fourth-order valence-corrected chi connectivity index (χ4v) is 1.67. The van der Waals surface area contributed by atoms with Crippen molar-refractivity contribution < 1.29 is 23.1 Å². The lowest BCUT2D eigenvalue weighted by Crippen LogP contribution is -2.10. The lowest BCUT2D eigenvalue weighted by molar-refractivity contribution is -0.0327. The van der Waals surface area contributed by atoms with E-state index >= 15 is 0 Å². The van der Waals surface area contributed by atoms with Crippen molar-refractivity contribution in [3.8, 4) is 0 Å². The molecule has 0 aliphatic rings. The van der Waals surface area contributed by atoms with Crippen LogP contribution >= 0.6 is 11.8 Å². The summed E-state index contributed by atoms with van der Waals surface area (Å²) in [7, 11) is 0. The molecule has 18 heavy (non-hydrogen) atoms. The molecule has 0 aliphatic carbocycles. The number of carboxylic acid groups (broad SMARTS) is 1. The van der Waals surface area contributed by atoms with E-state index in [1.54, 1.807) is 0 Å². The van der Waals surface area contributed by atoms with E-state index in [9.17, 15) is 18.0 Å². The number of halogens is 3. The molecule has 1 rings (SSSR count). The average molecular weight is 280 g/mol. The molecule has 4 N–H and O–H groups in total. The molecule has 0 fully saturated rings. The van der Waals surface area contributed by atoms with Gasteiger partial charge in [0.1, 0.15) is 0 Å². The van der Waals surface area contributed by atoms with Gasteiger partial charge in [0.05, 0.1) is 5.56 Å². The SMILES string of the molecule is Nc1cc(NCCSC(F)(F)F)ccc1C(=O)O. The van der Waals surface area contributed by atoms with Crippen LogP contribution in [0.2, 0.25) is 0 Å². The number of carbonyl (C=O) groups is 1. The van der Waals surface area contributed by atoms with E-state index in [0.29, 0.717) is 5.69 Å². The summed E-state index contributed by atoms with van der Waals surface area (Å²) in [5.41, 5.74) is 1.76. The maximum absolute atomic E-state index is 11.8. The first-order chi connectivity index (χ1) is 8.29. The van der Waals surface area contributed by atoms with Crippen molar-refractivity contribution in [3.05, 3.63) is 23.8 Å². The van der Waals surface area contributed by atoms with Crippen LogP contribution in [0, 0.1) is 0 Å². The third-order valence-electron chi connectivity index (χ3n) is 1.98. The predicted octanol–water partition coefficient (Wildman–Crippen LogP) is 2.63. The van der Waals surface area contributed by atoms with Crippen molar-refractivity contribution >= 4 is 29.1 Å². The maximum atomic E-state index is 11.8. The lowest BCUT2D eigenvalue weighted by atomic mass is 10.1. The van der Waals surface area contributed by atoms with Gasteiger partial charge in [-0.25, -0.2) is 4.79 Å². The van der Waals surface area contributed by atoms with Crippen LogP contribution in [0.5, 0.6) is 0 Å². The van der Waals surface area contributed by atoms with Gasteiger partial charge in [-0.15, -0.1) is 0 Å².